The van der Waals surface area contributed by atoms with Crippen molar-refractivity contribution in [1.82, 2.24) is 0 Å². The summed E-state index contributed by atoms with van der Waals surface area (Å²) in [5, 5.41) is 0.462. The summed E-state index contributed by atoms with van der Waals surface area (Å²) in [6, 6.07) is 9.39. The fraction of sp³-hybridized carbons (Fsp3) is 0.0769. The Morgan fingerprint density at radius 2 is 1.72 bits per heavy atom. The molecule has 0 spiro atoms. The van der Waals surface area contributed by atoms with Crippen LogP contribution in [0.3, 0.4) is 0 Å². The van der Waals surface area contributed by atoms with E-state index in [1.54, 1.807) is 24.3 Å². The second-order valence-corrected chi connectivity index (χ2v) is 5.08. The molecule has 2 aromatic rings. The van der Waals surface area contributed by atoms with E-state index in [4.69, 9.17) is 17.3 Å². The van der Waals surface area contributed by atoms with Crippen LogP contribution in [0.25, 0.3) is 0 Å². The molecule has 0 saturated heterocycles. The minimum absolute atomic E-state index is 0.0692. The Morgan fingerprint density at radius 1 is 1.11 bits per heavy atom. The van der Waals surface area contributed by atoms with E-state index in [-0.39, 0.29) is 11.4 Å². The van der Waals surface area contributed by atoms with Gasteiger partial charge in [0.05, 0.1) is 9.92 Å². The van der Waals surface area contributed by atoms with Crippen LogP contribution in [-0.2, 0) is 6.54 Å². The van der Waals surface area contributed by atoms with Crippen LogP contribution >= 0.6 is 23.4 Å². The highest BCUT2D eigenvalue weighted by Crippen LogP contribution is 2.36. The summed E-state index contributed by atoms with van der Waals surface area (Å²) < 4.78 is 27.5. The minimum Gasteiger partial charge on any atom is -0.326 e. The smallest absolute Gasteiger partial charge is 0.140 e. The normalized spacial score (nSPS) is 10.7. The number of rotatable bonds is 3. The monoisotopic (exact) mass is 285 g/mol. The summed E-state index contributed by atoms with van der Waals surface area (Å²) in [5.41, 5.74) is 5.78. The third kappa shape index (κ3) is 2.83. The molecule has 0 aliphatic carbocycles. The first-order valence-electron chi connectivity index (χ1n) is 5.22. The van der Waals surface area contributed by atoms with Gasteiger partial charge in [-0.25, -0.2) is 8.78 Å². The van der Waals surface area contributed by atoms with Gasteiger partial charge >= 0.3 is 0 Å². The third-order valence-electron chi connectivity index (χ3n) is 2.34. The lowest BCUT2D eigenvalue weighted by Crippen LogP contribution is -1.99. The van der Waals surface area contributed by atoms with E-state index in [1.807, 2.05) is 0 Å². The van der Waals surface area contributed by atoms with E-state index in [9.17, 15) is 8.78 Å². The van der Waals surface area contributed by atoms with Crippen LogP contribution in [0, 0.1) is 11.6 Å². The van der Waals surface area contributed by atoms with Gasteiger partial charge < -0.3 is 5.73 Å². The standard InChI is InChI=1S/C13H10ClF2NS/c14-9-3-1-2-4-12(9)18-13-10(15)5-8(7-17)6-11(13)16/h1-6H,7,17H2. The summed E-state index contributed by atoms with van der Waals surface area (Å²) in [6.45, 7) is 0.102. The summed E-state index contributed by atoms with van der Waals surface area (Å²) in [7, 11) is 0. The minimum atomic E-state index is -0.625. The molecule has 2 N–H and O–H groups in total. The van der Waals surface area contributed by atoms with E-state index >= 15 is 0 Å². The fourth-order valence-corrected chi connectivity index (χ4v) is 2.56. The molecule has 0 amide bonds. The Morgan fingerprint density at radius 3 is 2.28 bits per heavy atom. The zero-order valence-corrected chi connectivity index (χ0v) is 10.9. The molecule has 1 nitrogen and oxygen atoms in total. The topological polar surface area (TPSA) is 26.0 Å². The van der Waals surface area contributed by atoms with Gasteiger partial charge in [-0.2, -0.15) is 0 Å². The number of halogens is 3. The van der Waals surface area contributed by atoms with Gasteiger partial charge in [0.1, 0.15) is 11.6 Å². The molecule has 0 aliphatic rings. The van der Waals surface area contributed by atoms with Gasteiger partial charge in [-0.1, -0.05) is 35.5 Å². The molecule has 0 aliphatic heterocycles. The summed E-state index contributed by atoms with van der Waals surface area (Å²) in [4.78, 5) is 0.540. The van der Waals surface area contributed by atoms with Gasteiger partial charge in [-0.05, 0) is 29.8 Å². The molecular weight excluding hydrogens is 276 g/mol. The molecule has 0 saturated carbocycles. The van der Waals surface area contributed by atoms with Crippen LogP contribution in [0.2, 0.25) is 5.02 Å². The quantitative estimate of drug-likeness (QED) is 0.913. The molecule has 0 fully saturated rings. The Bertz CT molecular complexity index is 552. The molecule has 0 atom stereocenters. The Kier molecular flexibility index (Phi) is 4.22. The molecule has 0 bridgehead atoms. The molecule has 2 aromatic carbocycles. The van der Waals surface area contributed by atoms with Gasteiger partial charge in [-0.15, -0.1) is 0 Å². The van der Waals surface area contributed by atoms with Crippen molar-refractivity contribution in [2.45, 2.75) is 16.3 Å². The highest BCUT2D eigenvalue weighted by molar-refractivity contribution is 7.99. The predicted octanol–water partition coefficient (Wildman–Crippen LogP) is 4.23. The van der Waals surface area contributed by atoms with E-state index in [0.717, 1.165) is 11.8 Å². The lowest BCUT2D eigenvalue weighted by atomic mass is 10.2. The Balaban J connectivity index is 2.38. The number of hydrogen-bond donors (Lipinski definition) is 1. The van der Waals surface area contributed by atoms with Crippen LogP contribution in [-0.4, -0.2) is 0 Å². The van der Waals surface area contributed by atoms with Gasteiger partial charge in [0.15, 0.2) is 0 Å². The number of nitrogens with two attached hydrogens (primary N) is 1. The van der Waals surface area contributed by atoms with Crippen LogP contribution < -0.4 is 5.73 Å². The summed E-state index contributed by atoms with van der Waals surface area (Å²) in [5.74, 6) is -1.25. The third-order valence-corrected chi connectivity index (χ3v) is 3.95. The van der Waals surface area contributed by atoms with E-state index in [1.165, 1.54) is 12.1 Å². The molecule has 2 rings (SSSR count). The van der Waals surface area contributed by atoms with Gasteiger partial charge in [0.2, 0.25) is 0 Å². The Labute approximate surface area is 113 Å². The predicted molar refractivity (Wildman–Crippen MR) is 69.8 cm³/mol. The van der Waals surface area contributed by atoms with Crippen molar-refractivity contribution >= 4 is 23.4 Å². The molecular formula is C13H10ClF2NS. The Hall–Kier alpha value is -1.10. The van der Waals surface area contributed by atoms with Crippen molar-refractivity contribution in [1.29, 1.82) is 0 Å². The van der Waals surface area contributed by atoms with Crippen molar-refractivity contribution < 1.29 is 8.78 Å². The highest BCUT2D eigenvalue weighted by Gasteiger charge is 2.13. The number of hydrogen-bond acceptors (Lipinski definition) is 2. The van der Waals surface area contributed by atoms with Crippen LogP contribution in [0.5, 0.6) is 0 Å². The lowest BCUT2D eigenvalue weighted by Gasteiger charge is -2.08. The van der Waals surface area contributed by atoms with Gasteiger partial charge in [0, 0.05) is 11.4 Å². The first-order valence-corrected chi connectivity index (χ1v) is 6.41. The average molecular weight is 286 g/mol. The lowest BCUT2D eigenvalue weighted by molar-refractivity contribution is 0.537. The van der Waals surface area contributed by atoms with Gasteiger partial charge in [0.25, 0.3) is 0 Å². The van der Waals surface area contributed by atoms with E-state index < -0.39 is 11.6 Å². The van der Waals surface area contributed by atoms with Crippen LogP contribution in [0.4, 0.5) is 8.78 Å². The second-order valence-electron chi connectivity index (χ2n) is 3.63. The zero-order valence-electron chi connectivity index (χ0n) is 9.29. The van der Waals surface area contributed by atoms with Crippen molar-refractivity contribution in [2.24, 2.45) is 5.73 Å². The molecule has 0 aromatic heterocycles. The van der Waals surface area contributed by atoms with Crippen molar-refractivity contribution in [3.8, 4) is 0 Å². The summed E-state index contributed by atoms with van der Waals surface area (Å²) in [6.07, 6.45) is 0. The maximum absolute atomic E-state index is 13.8. The average Bonchev–Trinajstić information content (AvgIpc) is 2.35. The molecule has 5 heteroatoms. The van der Waals surface area contributed by atoms with Crippen molar-refractivity contribution in [3.05, 3.63) is 58.6 Å². The molecule has 18 heavy (non-hydrogen) atoms. The SMILES string of the molecule is NCc1cc(F)c(Sc2ccccc2Cl)c(F)c1. The summed E-state index contributed by atoms with van der Waals surface area (Å²) >= 11 is 6.92. The number of benzene rings is 2. The molecule has 0 radical (unpaired) electrons. The van der Waals surface area contributed by atoms with E-state index in [0.29, 0.717) is 15.5 Å². The first-order chi connectivity index (χ1) is 8.61. The van der Waals surface area contributed by atoms with Crippen molar-refractivity contribution in [3.63, 3.8) is 0 Å². The first kappa shape index (κ1) is 13.3. The molecule has 94 valence electrons. The fourth-order valence-electron chi connectivity index (χ4n) is 1.47. The maximum Gasteiger partial charge on any atom is 0.140 e. The maximum atomic E-state index is 13.8. The second kappa shape index (κ2) is 5.69. The highest BCUT2D eigenvalue weighted by atomic mass is 35.5. The largest absolute Gasteiger partial charge is 0.326 e. The molecule has 0 heterocycles. The molecule has 0 unspecified atom stereocenters. The van der Waals surface area contributed by atoms with Crippen LogP contribution in [0.1, 0.15) is 5.56 Å². The zero-order chi connectivity index (χ0) is 13.1. The van der Waals surface area contributed by atoms with Gasteiger partial charge in [-0.3, -0.25) is 0 Å². The van der Waals surface area contributed by atoms with Crippen molar-refractivity contribution in [2.75, 3.05) is 0 Å². The van der Waals surface area contributed by atoms with E-state index in [2.05, 4.69) is 0 Å². The van der Waals surface area contributed by atoms with Crippen LogP contribution in [0.15, 0.2) is 46.2 Å².